The van der Waals surface area contributed by atoms with Crippen molar-refractivity contribution in [1.82, 2.24) is 0 Å². The van der Waals surface area contributed by atoms with Crippen LogP contribution in [0.1, 0.15) is 0 Å². The minimum absolute atomic E-state index is 0. The maximum absolute atomic E-state index is 10.5. The molecule has 1 aromatic carbocycles. The van der Waals surface area contributed by atoms with E-state index in [0.717, 1.165) is 0 Å². The molecule has 0 aliphatic carbocycles. The summed E-state index contributed by atoms with van der Waals surface area (Å²) in [4.78, 5) is 10.0. The Morgan fingerprint density at radius 1 is 1.43 bits per heavy atom. The fourth-order valence-corrected chi connectivity index (χ4v) is 0.973. The molecule has 0 aromatic heterocycles. The van der Waals surface area contributed by atoms with Crippen LogP contribution in [0, 0.1) is 10.1 Å². The van der Waals surface area contributed by atoms with Crippen LogP contribution in [0.5, 0.6) is 0 Å². The van der Waals surface area contributed by atoms with Gasteiger partial charge in [-0.25, -0.2) is 0 Å². The number of nitrogens with zero attached hydrogens (tertiary/aromatic N) is 1. The van der Waals surface area contributed by atoms with E-state index in [2.05, 4.69) is 5.32 Å². The molecule has 0 atom stereocenters. The molecule has 0 spiro atoms. The Hall–Kier alpha value is -1.33. The second kappa shape index (κ2) is 6.17. The molecule has 0 heterocycles. The topological polar surface area (TPSA) is 75.4 Å². The first kappa shape index (κ1) is 12.7. The van der Waals surface area contributed by atoms with Crippen molar-refractivity contribution in [1.29, 1.82) is 0 Å². The molecular formula is C8H11ClN2O3. The van der Waals surface area contributed by atoms with Gasteiger partial charge in [-0.3, -0.25) is 10.1 Å². The molecule has 0 bridgehead atoms. The second-order valence-electron chi connectivity index (χ2n) is 2.42. The van der Waals surface area contributed by atoms with Gasteiger partial charge in [-0.15, -0.1) is 12.4 Å². The molecule has 5 nitrogen and oxygen atoms in total. The summed E-state index contributed by atoms with van der Waals surface area (Å²) in [6.07, 6.45) is 0. The molecule has 0 amide bonds. The van der Waals surface area contributed by atoms with E-state index < -0.39 is 4.92 Å². The monoisotopic (exact) mass is 218 g/mol. The van der Waals surface area contributed by atoms with Crippen molar-refractivity contribution in [2.24, 2.45) is 0 Å². The number of aliphatic hydroxyl groups is 1. The molecule has 6 heteroatoms. The van der Waals surface area contributed by atoms with Crippen molar-refractivity contribution in [3.63, 3.8) is 0 Å². The number of hydrogen-bond donors (Lipinski definition) is 2. The average molecular weight is 219 g/mol. The first-order valence-corrected chi connectivity index (χ1v) is 3.84. The molecule has 0 aliphatic heterocycles. The number of nitro benzene ring substituents is 1. The van der Waals surface area contributed by atoms with Crippen molar-refractivity contribution in [2.45, 2.75) is 0 Å². The lowest BCUT2D eigenvalue weighted by molar-refractivity contribution is -0.384. The van der Waals surface area contributed by atoms with Gasteiger partial charge in [-0.2, -0.15) is 0 Å². The van der Waals surface area contributed by atoms with Crippen LogP contribution in [-0.4, -0.2) is 23.2 Å². The van der Waals surface area contributed by atoms with Gasteiger partial charge in [0.1, 0.15) is 5.69 Å². The van der Waals surface area contributed by atoms with Gasteiger partial charge in [-0.05, 0) is 6.07 Å². The summed E-state index contributed by atoms with van der Waals surface area (Å²) in [5.74, 6) is 0. The maximum atomic E-state index is 10.5. The smallest absolute Gasteiger partial charge is 0.292 e. The van der Waals surface area contributed by atoms with Gasteiger partial charge in [0.2, 0.25) is 0 Å². The number of nitrogens with one attached hydrogen (secondary N) is 1. The SMILES string of the molecule is Cl.O=[N+]([O-])c1ccccc1NCCO. The molecule has 0 fully saturated rings. The van der Waals surface area contributed by atoms with E-state index in [1.165, 1.54) is 6.07 Å². The van der Waals surface area contributed by atoms with Crippen LogP contribution < -0.4 is 5.32 Å². The minimum atomic E-state index is -0.459. The second-order valence-corrected chi connectivity index (χ2v) is 2.42. The number of para-hydroxylation sites is 2. The molecule has 1 rings (SSSR count). The lowest BCUT2D eigenvalue weighted by Crippen LogP contribution is -2.07. The molecule has 2 N–H and O–H groups in total. The van der Waals surface area contributed by atoms with Gasteiger partial charge in [0.05, 0.1) is 11.5 Å². The Balaban J connectivity index is 0.00000169. The van der Waals surface area contributed by atoms with Gasteiger partial charge < -0.3 is 10.4 Å². The van der Waals surface area contributed by atoms with E-state index in [4.69, 9.17) is 5.11 Å². The fraction of sp³-hybridized carbons (Fsp3) is 0.250. The van der Waals surface area contributed by atoms with E-state index >= 15 is 0 Å². The summed E-state index contributed by atoms with van der Waals surface area (Å²) in [5, 5.41) is 21.8. The zero-order valence-corrected chi connectivity index (χ0v) is 8.16. The van der Waals surface area contributed by atoms with Crippen molar-refractivity contribution < 1.29 is 10.0 Å². The number of benzene rings is 1. The summed E-state index contributed by atoms with van der Waals surface area (Å²) in [6.45, 7) is 0.261. The summed E-state index contributed by atoms with van der Waals surface area (Å²) < 4.78 is 0. The predicted molar refractivity (Wildman–Crippen MR) is 55.9 cm³/mol. The van der Waals surface area contributed by atoms with Crippen LogP contribution in [0.4, 0.5) is 11.4 Å². The first-order valence-electron chi connectivity index (χ1n) is 3.84. The minimum Gasteiger partial charge on any atom is -0.395 e. The highest BCUT2D eigenvalue weighted by Gasteiger charge is 2.10. The van der Waals surface area contributed by atoms with Crippen LogP contribution in [-0.2, 0) is 0 Å². The highest BCUT2D eigenvalue weighted by atomic mass is 35.5. The van der Waals surface area contributed by atoms with Crippen LogP contribution in [0.25, 0.3) is 0 Å². The van der Waals surface area contributed by atoms with Crippen LogP contribution in [0.2, 0.25) is 0 Å². The van der Waals surface area contributed by atoms with Crippen LogP contribution in [0.3, 0.4) is 0 Å². The lowest BCUT2D eigenvalue weighted by atomic mass is 10.2. The van der Waals surface area contributed by atoms with Gasteiger partial charge in [0, 0.05) is 12.6 Å². The normalized spacial score (nSPS) is 8.93. The standard InChI is InChI=1S/C8H10N2O3.ClH/c11-6-5-9-7-3-1-2-4-8(7)10(12)13;/h1-4,9,11H,5-6H2;1H. The van der Waals surface area contributed by atoms with E-state index in [-0.39, 0.29) is 24.7 Å². The zero-order valence-electron chi connectivity index (χ0n) is 7.34. The number of rotatable bonds is 4. The molecule has 78 valence electrons. The third kappa shape index (κ3) is 3.20. The maximum Gasteiger partial charge on any atom is 0.292 e. The van der Waals surface area contributed by atoms with E-state index in [0.29, 0.717) is 12.2 Å². The molecule has 1 aromatic rings. The quantitative estimate of drug-likeness (QED) is 0.592. The van der Waals surface area contributed by atoms with Gasteiger partial charge in [0.25, 0.3) is 5.69 Å². The number of nitro groups is 1. The summed E-state index contributed by atoms with van der Waals surface area (Å²) >= 11 is 0. The van der Waals surface area contributed by atoms with E-state index in [1.807, 2.05) is 0 Å². The third-order valence-corrected chi connectivity index (χ3v) is 1.53. The van der Waals surface area contributed by atoms with Crippen molar-refractivity contribution in [2.75, 3.05) is 18.5 Å². The molecule has 0 radical (unpaired) electrons. The largest absolute Gasteiger partial charge is 0.395 e. The number of aliphatic hydroxyl groups excluding tert-OH is 1. The van der Waals surface area contributed by atoms with Crippen LogP contribution >= 0.6 is 12.4 Å². The third-order valence-electron chi connectivity index (χ3n) is 1.53. The molecule has 14 heavy (non-hydrogen) atoms. The number of halogens is 1. The van der Waals surface area contributed by atoms with Crippen molar-refractivity contribution in [3.05, 3.63) is 34.4 Å². The van der Waals surface area contributed by atoms with Crippen LogP contribution in [0.15, 0.2) is 24.3 Å². The van der Waals surface area contributed by atoms with Crippen molar-refractivity contribution >= 4 is 23.8 Å². The highest BCUT2D eigenvalue weighted by Crippen LogP contribution is 2.22. The van der Waals surface area contributed by atoms with Gasteiger partial charge >= 0.3 is 0 Å². The van der Waals surface area contributed by atoms with E-state index in [9.17, 15) is 10.1 Å². The first-order chi connectivity index (χ1) is 6.25. The number of hydrogen-bond acceptors (Lipinski definition) is 4. The fourth-order valence-electron chi connectivity index (χ4n) is 0.973. The van der Waals surface area contributed by atoms with Gasteiger partial charge in [0.15, 0.2) is 0 Å². The Morgan fingerprint density at radius 3 is 2.64 bits per heavy atom. The Bertz CT molecular complexity index is 306. The molecular weight excluding hydrogens is 208 g/mol. The zero-order chi connectivity index (χ0) is 9.68. The summed E-state index contributed by atoms with van der Waals surface area (Å²) in [7, 11) is 0. The lowest BCUT2D eigenvalue weighted by Gasteiger charge is -2.03. The molecule has 0 unspecified atom stereocenters. The average Bonchev–Trinajstić information content (AvgIpc) is 2.15. The molecule has 0 aliphatic rings. The Morgan fingerprint density at radius 2 is 2.07 bits per heavy atom. The number of anilines is 1. The summed E-state index contributed by atoms with van der Waals surface area (Å²) in [6, 6.07) is 6.32. The molecule has 0 saturated heterocycles. The Kier molecular flexibility index (Phi) is 5.59. The Labute approximate surface area is 87.3 Å². The summed E-state index contributed by atoms with van der Waals surface area (Å²) in [5.41, 5.74) is 0.456. The predicted octanol–water partition coefficient (Wildman–Crippen LogP) is 1.42. The van der Waals surface area contributed by atoms with Crippen molar-refractivity contribution in [3.8, 4) is 0 Å². The van der Waals surface area contributed by atoms with Gasteiger partial charge in [-0.1, -0.05) is 12.1 Å². The highest BCUT2D eigenvalue weighted by molar-refractivity contribution is 5.85. The molecule has 0 saturated carbocycles. The van der Waals surface area contributed by atoms with E-state index in [1.54, 1.807) is 18.2 Å².